The van der Waals surface area contributed by atoms with Crippen LogP contribution in [0.2, 0.25) is 0 Å². The van der Waals surface area contributed by atoms with E-state index in [-0.39, 0.29) is 42.4 Å². The predicted molar refractivity (Wildman–Crippen MR) is 43.5 cm³/mol. The first-order chi connectivity index (χ1) is 5.54. The van der Waals surface area contributed by atoms with Crippen molar-refractivity contribution in [2.45, 2.75) is 19.3 Å². The quantitative estimate of drug-likeness (QED) is 0.333. The minimum absolute atomic E-state index is 0. The fourth-order valence-electron chi connectivity index (χ4n) is 0.214. The summed E-state index contributed by atoms with van der Waals surface area (Å²) in [5.41, 5.74) is 4.97. The van der Waals surface area contributed by atoms with E-state index in [0.29, 0.717) is 6.54 Å². The number of nitrogens with two attached hydrogens (primary N) is 1. The van der Waals surface area contributed by atoms with Crippen LogP contribution in [0.4, 0.5) is 0 Å². The van der Waals surface area contributed by atoms with Crippen molar-refractivity contribution in [3.8, 4) is 0 Å². The molecule has 0 aromatic heterocycles. The standard InChI is InChI=1S/C4H6O4.C3H8N.Na/c5-3(6)1-2-4(7)8;1-2-3-4;/h1-2H2,(H,5,6)(H,7,8);1-4H2;/q;-1;+1. The van der Waals surface area contributed by atoms with Gasteiger partial charge in [0.25, 0.3) is 0 Å². The second-order valence-corrected chi connectivity index (χ2v) is 1.93. The SMILES string of the molecule is O=C(O)CCC(=O)O.[CH2-]CCN.[Na+]. The number of hydrogen-bond donors (Lipinski definition) is 3. The van der Waals surface area contributed by atoms with Crippen molar-refractivity contribution in [1.82, 2.24) is 0 Å². The molecule has 72 valence electrons. The topological polar surface area (TPSA) is 101 Å². The largest absolute Gasteiger partial charge is 1.00 e. The number of carbonyl (C=O) groups is 2. The van der Waals surface area contributed by atoms with Crippen molar-refractivity contribution in [1.29, 1.82) is 0 Å². The minimum atomic E-state index is -1.08. The molecule has 0 rings (SSSR count). The van der Waals surface area contributed by atoms with Gasteiger partial charge in [-0.3, -0.25) is 9.59 Å². The van der Waals surface area contributed by atoms with E-state index in [0.717, 1.165) is 6.42 Å². The zero-order chi connectivity index (χ0) is 9.98. The van der Waals surface area contributed by atoms with Crippen molar-refractivity contribution < 1.29 is 49.4 Å². The van der Waals surface area contributed by atoms with E-state index in [9.17, 15) is 9.59 Å². The fraction of sp³-hybridized carbons (Fsp3) is 0.571. The smallest absolute Gasteiger partial charge is 0.481 e. The third-order valence-corrected chi connectivity index (χ3v) is 0.757. The van der Waals surface area contributed by atoms with Gasteiger partial charge >= 0.3 is 41.5 Å². The van der Waals surface area contributed by atoms with Crippen LogP contribution < -0.4 is 35.3 Å². The van der Waals surface area contributed by atoms with Crippen LogP contribution in [0.3, 0.4) is 0 Å². The van der Waals surface area contributed by atoms with Gasteiger partial charge in [-0.05, 0) is 6.54 Å². The van der Waals surface area contributed by atoms with Crippen molar-refractivity contribution in [2.75, 3.05) is 6.54 Å². The van der Waals surface area contributed by atoms with Crippen LogP contribution in [0.5, 0.6) is 0 Å². The van der Waals surface area contributed by atoms with Gasteiger partial charge in [0.2, 0.25) is 0 Å². The number of hydrogen-bond acceptors (Lipinski definition) is 3. The molecule has 13 heavy (non-hydrogen) atoms. The first kappa shape index (κ1) is 18.6. The molecule has 0 aliphatic carbocycles. The van der Waals surface area contributed by atoms with E-state index in [1.807, 2.05) is 0 Å². The maximum absolute atomic E-state index is 9.64. The number of aliphatic carboxylic acids is 2. The van der Waals surface area contributed by atoms with Gasteiger partial charge in [-0.25, -0.2) is 0 Å². The molecule has 0 amide bonds. The van der Waals surface area contributed by atoms with Crippen molar-refractivity contribution >= 4 is 11.9 Å². The minimum Gasteiger partial charge on any atom is -0.481 e. The molecule has 0 aromatic rings. The van der Waals surface area contributed by atoms with Crippen LogP contribution in [-0.4, -0.2) is 28.7 Å². The molecule has 5 nitrogen and oxygen atoms in total. The van der Waals surface area contributed by atoms with E-state index >= 15 is 0 Å². The molecule has 0 aromatic carbocycles. The molecule has 0 unspecified atom stereocenters. The zero-order valence-electron chi connectivity index (χ0n) is 7.82. The average molecular weight is 199 g/mol. The number of carboxylic acids is 2. The third-order valence-electron chi connectivity index (χ3n) is 0.757. The van der Waals surface area contributed by atoms with Crippen molar-refractivity contribution in [3.63, 3.8) is 0 Å². The summed E-state index contributed by atoms with van der Waals surface area (Å²) in [6.45, 7) is 4.19. The monoisotopic (exact) mass is 199 g/mol. The van der Waals surface area contributed by atoms with Gasteiger partial charge in [0.15, 0.2) is 0 Å². The van der Waals surface area contributed by atoms with Gasteiger partial charge in [-0.1, -0.05) is 0 Å². The molecule has 0 saturated carbocycles. The van der Waals surface area contributed by atoms with Crippen LogP contribution in [0.25, 0.3) is 0 Å². The van der Waals surface area contributed by atoms with Gasteiger partial charge in [0, 0.05) is 0 Å². The Labute approximate surface area is 99.6 Å². The Morgan fingerprint density at radius 1 is 1.15 bits per heavy atom. The van der Waals surface area contributed by atoms with Crippen LogP contribution in [-0.2, 0) is 9.59 Å². The van der Waals surface area contributed by atoms with Gasteiger partial charge in [0.05, 0.1) is 12.8 Å². The molecule has 4 N–H and O–H groups in total. The Morgan fingerprint density at radius 3 is 1.46 bits per heavy atom. The van der Waals surface area contributed by atoms with E-state index < -0.39 is 11.9 Å². The molecule has 6 heteroatoms. The normalized spacial score (nSPS) is 7.54. The Bertz CT molecular complexity index is 124. The van der Waals surface area contributed by atoms with E-state index in [4.69, 9.17) is 15.9 Å². The summed E-state index contributed by atoms with van der Waals surface area (Å²) in [5, 5.41) is 15.8. The average Bonchev–Trinajstić information content (AvgIpc) is 2.01. The molecular weight excluding hydrogens is 185 g/mol. The summed E-state index contributed by atoms with van der Waals surface area (Å²) in [5.74, 6) is -2.15. The molecule has 0 atom stereocenters. The molecule has 0 saturated heterocycles. The summed E-state index contributed by atoms with van der Waals surface area (Å²) >= 11 is 0. The Morgan fingerprint density at radius 2 is 1.38 bits per heavy atom. The van der Waals surface area contributed by atoms with Crippen LogP contribution in [0, 0.1) is 6.92 Å². The van der Waals surface area contributed by atoms with E-state index in [2.05, 4.69) is 6.92 Å². The summed E-state index contributed by atoms with van der Waals surface area (Å²) in [7, 11) is 0. The molecule has 0 aliphatic rings. The molecular formula is C7H14NNaO4. The molecule has 0 aliphatic heterocycles. The summed E-state index contributed by atoms with van der Waals surface area (Å²) < 4.78 is 0. The molecule has 0 heterocycles. The van der Waals surface area contributed by atoms with Crippen LogP contribution in [0.1, 0.15) is 19.3 Å². The second-order valence-electron chi connectivity index (χ2n) is 1.93. The Hall–Kier alpha value is -0.100. The molecule has 0 spiro atoms. The maximum atomic E-state index is 9.64. The third kappa shape index (κ3) is 33.5. The van der Waals surface area contributed by atoms with Gasteiger partial charge < -0.3 is 22.9 Å². The van der Waals surface area contributed by atoms with Gasteiger partial charge in [-0.15, -0.1) is 0 Å². The molecule has 0 fully saturated rings. The summed E-state index contributed by atoms with van der Waals surface area (Å²) in [4.78, 5) is 19.3. The number of carboxylic acid groups (broad SMARTS) is 2. The van der Waals surface area contributed by atoms with Crippen LogP contribution in [0.15, 0.2) is 0 Å². The molecule has 0 bridgehead atoms. The number of rotatable bonds is 4. The van der Waals surface area contributed by atoms with Gasteiger partial charge in [-0.2, -0.15) is 6.42 Å². The molecule has 0 radical (unpaired) electrons. The Balaban J connectivity index is -0.000000173. The van der Waals surface area contributed by atoms with Gasteiger partial charge in [0.1, 0.15) is 0 Å². The van der Waals surface area contributed by atoms with Crippen LogP contribution >= 0.6 is 0 Å². The van der Waals surface area contributed by atoms with E-state index in [1.54, 1.807) is 0 Å². The maximum Gasteiger partial charge on any atom is 1.00 e. The first-order valence-corrected chi connectivity index (χ1v) is 3.47. The second kappa shape index (κ2) is 14.4. The predicted octanol–water partition coefficient (Wildman–Crippen LogP) is -2.89. The fourth-order valence-corrected chi connectivity index (χ4v) is 0.214. The summed E-state index contributed by atoms with van der Waals surface area (Å²) in [6, 6.07) is 0. The summed E-state index contributed by atoms with van der Waals surface area (Å²) in [6.07, 6.45) is 0.255. The zero-order valence-corrected chi connectivity index (χ0v) is 9.82. The first-order valence-electron chi connectivity index (χ1n) is 3.47. The van der Waals surface area contributed by atoms with Crippen molar-refractivity contribution in [2.24, 2.45) is 5.73 Å². The van der Waals surface area contributed by atoms with E-state index in [1.165, 1.54) is 0 Å². The Kier molecular flexibility index (Phi) is 20.7. The van der Waals surface area contributed by atoms with Crippen molar-refractivity contribution in [3.05, 3.63) is 6.92 Å².